The van der Waals surface area contributed by atoms with Gasteiger partial charge in [-0.15, -0.1) is 10.2 Å². The minimum Gasteiger partial charge on any atom is -0.495 e. The molecule has 0 aliphatic rings. The summed E-state index contributed by atoms with van der Waals surface area (Å²) >= 11 is 1.33. The number of benzene rings is 2. The number of anilines is 1. The van der Waals surface area contributed by atoms with Crippen molar-refractivity contribution in [2.75, 3.05) is 18.2 Å². The molecule has 0 atom stereocenters. The Hall–Kier alpha value is -2.80. The van der Waals surface area contributed by atoms with E-state index < -0.39 is 0 Å². The average Bonchev–Trinajstić information content (AvgIpc) is 3.01. The number of ether oxygens (including phenoxy) is 1. The molecule has 0 radical (unpaired) electrons. The number of nitrogens with one attached hydrogen (secondary N) is 1. The molecule has 3 aromatic rings. The van der Waals surface area contributed by atoms with Crippen molar-refractivity contribution in [1.29, 1.82) is 0 Å². The molecule has 1 aromatic heterocycles. The Morgan fingerprint density at radius 1 is 1.12 bits per heavy atom. The van der Waals surface area contributed by atoms with Crippen LogP contribution in [-0.4, -0.2) is 33.5 Å². The lowest BCUT2D eigenvalue weighted by molar-refractivity contribution is -0.113. The summed E-state index contributed by atoms with van der Waals surface area (Å²) in [4.78, 5) is 12.1. The van der Waals surface area contributed by atoms with Gasteiger partial charge in [-0.3, -0.25) is 9.36 Å². The number of nitrogens with zero attached hydrogens (tertiary/aromatic N) is 3. The maximum Gasteiger partial charge on any atom is 0.234 e. The Balaban J connectivity index is 1.75. The van der Waals surface area contributed by atoms with Gasteiger partial charge in [-0.1, -0.05) is 42.1 Å². The van der Waals surface area contributed by atoms with Crippen LogP contribution < -0.4 is 10.1 Å². The number of methoxy groups -OCH3 is 1. The second-order valence-corrected chi connectivity index (χ2v) is 6.18. The zero-order valence-corrected chi connectivity index (χ0v) is 14.8. The molecule has 0 saturated heterocycles. The van der Waals surface area contributed by atoms with E-state index in [-0.39, 0.29) is 11.7 Å². The first kappa shape index (κ1) is 17.0. The molecule has 0 saturated carbocycles. The summed E-state index contributed by atoms with van der Waals surface area (Å²) in [5, 5.41) is 11.8. The molecular weight excluding hydrogens is 336 g/mol. The number of hydrogen-bond donors (Lipinski definition) is 1. The van der Waals surface area contributed by atoms with E-state index in [4.69, 9.17) is 4.74 Å². The maximum atomic E-state index is 12.1. The third kappa shape index (κ3) is 4.00. The number of para-hydroxylation sites is 3. The highest BCUT2D eigenvalue weighted by Crippen LogP contribution is 2.28. The average molecular weight is 354 g/mol. The van der Waals surface area contributed by atoms with E-state index in [0.29, 0.717) is 5.16 Å². The summed E-state index contributed by atoms with van der Waals surface area (Å²) < 4.78 is 7.31. The largest absolute Gasteiger partial charge is 0.495 e. The molecule has 7 heteroatoms. The fourth-order valence-corrected chi connectivity index (χ4v) is 3.17. The molecular formula is C18H18N4O2S. The van der Waals surface area contributed by atoms with E-state index in [2.05, 4.69) is 15.5 Å². The zero-order chi connectivity index (χ0) is 17.6. The van der Waals surface area contributed by atoms with Gasteiger partial charge in [-0.05, 0) is 31.2 Å². The summed E-state index contributed by atoms with van der Waals surface area (Å²) in [5.41, 5.74) is 1.62. The van der Waals surface area contributed by atoms with E-state index in [1.807, 2.05) is 66.1 Å². The van der Waals surface area contributed by atoms with Crippen LogP contribution >= 0.6 is 11.8 Å². The second-order valence-electron chi connectivity index (χ2n) is 5.24. The van der Waals surface area contributed by atoms with Crippen LogP contribution in [0, 0.1) is 6.92 Å². The lowest BCUT2D eigenvalue weighted by Gasteiger charge is -2.12. The molecule has 0 aliphatic heterocycles. The summed E-state index contributed by atoms with van der Waals surface area (Å²) in [6.45, 7) is 1.87. The van der Waals surface area contributed by atoms with Crippen LogP contribution in [0.5, 0.6) is 5.75 Å². The molecule has 2 aromatic carbocycles. The number of aromatic nitrogens is 3. The van der Waals surface area contributed by atoms with Crippen LogP contribution in [0.4, 0.5) is 5.69 Å². The number of carbonyl (C=O) groups is 1. The molecule has 128 valence electrons. The van der Waals surface area contributed by atoms with Crippen molar-refractivity contribution in [3.8, 4) is 11.4 Å². The van der Waals surface area contributed by atoms with Crippen LogP contribution in [-0.2, 0) is 4.79 Å². The van der Waals surface area contributed by atoms with Gasteiger partial charge < -0.3 is 10.1 Å². The van der Waals surface area contributed by atoms with Crippen molar-refractivity contribution in [2.24, 2.45) is 0 Å². The van der Waals surface area contributed by atoms with E-state index in [1.165, 1.54) is 11.8 Å². The Kier molecular flexibility index (Phi) is 5.35. The second kappa shape index (κ2) is 7.85. The van der Waals surface area contributed by atoms with Crippen LogP contribution in [0.3, 0.4) is 0 Å². The van der Waals surface area contributed by atoms with Crippen molar-refractivity contribution in [2.45, 2.75) is 12.1 Å². The molecule has 0 bridgehead atoms. The molecule has 1 heterocycles. The SMILES string of the molecule is COc1ccccc1-n1c(C)nnc1SCC(=O)Nc1ccccc1. The van der Waals surface area contributed by atoms with Crippen LogP contribution in [0.25, 0.3) is 5.69 Å². The third-order valence-electron chi connectivity index (χ3n) is 3.51. The topological polar surface area (TPSA) is 69.0 Å². The quantitative estimate of drug-likeness (QED) is 0.688. The molecule has 0 fully saturated rings. The highest BCUT2D eigenvalue weighted by molar-refractivity contribution is 7.99. The number of aryl methyl sites for hydroxylation is 1. The smallest absolute Gasteiger partial charge is 0.234 e. The van der Waals surface area contributed by atoms with Gasteiger partial charge in [0.15, 0.2) is 5.16 Å². The van der Waals surface area contributed by atoms with Gasteiger partial charge in [0.1, 0.15) is 11.6 Å². The lowest BCUT2D eigenvalue weighted by Crippen LogP contribution is -2.14. The van der Waals surface area contributed by atoms with Crippen molar-refractivity contribution in [3.63, 3.8) is 0 Å². The van der Waals surface area contributed by atoms with Crippen molar-refractivity contribution < 1.29 is 9.53 Å². The predicted molar refractivity (Wildman–Crippen MR) is 98.4 cm³/mol. The summed E-state index contributed by atoms with van der Waals surface area (Å²) in [7, 11) is 1.62. The van der Waals surface area contributed by atoms with Crippen molar-refractivity contribution in [1.82, 2.24) is 14.8 Å². The molecule has 6 nitrogen and oxygen atoms in total. The Morgan fingerprint density at radius 3 is 2.60 bits per heavy atom. The Morgan fingerprint density at radius 2 is 1.84 bits per heavy atom. The number of carbonyl (C=O) groups excluding carboxylic acids is 1. The van der Waals surface area contributed by atoms with Crippen LogP contribution in [0.15, 0.2) is 59.8 Å². The van der Waals surface area contributed by atoms with E-state index in [0.717, 1.165) is 22.9 Å². The number of amides is 1. The zero-order valence-electron chi connectivity index (χ0n) is 14.0. The van der Waals surface area contributed by atoms with E-state index >= 15 is 0 Å². The first-order valence-corrected chi connectivity index (χ1v) is 8.70. The van der Waals surface area contributed by atoms with Gasteiger partial charge in [0.05, 0.1) is 18.6 Å². The molecule has 0 spiro atoms. The fourth-order valence-electron chi connectivity index (χ4n) is 2.38. The standard InChI is InChI=1S/C18H18N4O2S/c1-13-20-21-18(22(13)15-10-6-7-11-16(15)24-2)25-12-17(23)19-14-8-4-3-5-9-14/h3-11H,12H2,1-2H3,(H,19,23). The molecule has 3 rings (SSSR count). The van der Waals surface area contributed by atoms with Gasteiger partial charge in [0, 0.05) is 5.69 Å². The van der Waals surface area contributed by atoms with E-state index in [9.17, 15) is 4.79 Å². The monoisotopic (exact) mass is 354 g/mol. The van der Waals surface area contributed by atoms with Gasteiger partial charge in [-0.25, -0.2) is 0 Å². The normalized spacial score (nSPS) is 10.5. The first-order chi connectivity index (χ1) is 12.2. The van der Waals surface area contributed by atoms with Gasteiger partial charge >= 0.3 is 0 Å². The van der Waals surface area contributed by atoms with Crippen molar-refractivity contribution in [3.05, 3.63) is 60.4 Å². The van der Waals surface area contributed by atoms with Gasteiger partial charge in [-0.2, -0.15) is 0 Å². The summed E-state index contributed by atoms with van der Waals surface area (Å²) in [6.07, 6.45) is 0. The molecule has 25 heavy (non-hydrogen) atoms. The van der Waals surface area contributed by atoms with Crippen LogP contribution in [0.2, 0.25) is 0 Å². The fraction of sp³-hybridized carbons (Fsp3) is 0.167. The number of rotatable bonds is 6. The molecule has 0 unspecified atom stereocenters. The van der Waals surface area contributed by atoms with Crippen LogP contribution in [0.1, 0.15) is 5.82 Å². The Labute approximate surface area is 150 Å². The molecule has 1 amide bonds. The summed E-state index contributed by atoms with van der Waals surface area (Å²) in [5.74, 6) is 1.60. The maximum absolute atomic E-state index is 12.1. The summed E-state index contributed by atoms with van der Waals surface area (Å²) in [6, 6.07) is 17.0. The van der Waals surface area contributed by atoms with Gasteiger partial charge in [0.2, 0.25) is 5.91 Å². The molecule has 0 aliphatic carbocycles. The Bertz CT molecular complexity index is 865. The van der Waals surface area contributed by atoms with E-state index in [1.54, 1.807) is 7.11 Å². The highest BCUT2D eigenvalue weighted by atomic mass is 32.2. The molecule has 1 N–H and O–H groups in total. The lowest BCUT2D eigenvalue weighted by atomic mass is 10.3. The minimum absolute atomic E-state index is 0.0940. The third-order valence-corrected chi connectivity index (χ3v) is 4.44. The predicted octanol–water partition coefficient (Wildman–Crippen LogP) is 3.32. The number of thioether (sulfide) groups is 1. The highest BCUT2D eigenvalue weighted by Gasteiger charge is 2.16. The minimum atomic E-state index is -0.0940. The first-order valence-electron chi connectivity index (χ1n) is 7.72. The van der Waals surface area contributed by atoms with Crippen molar-refractivity contribution >= 4 is 23.4 Å². The van der Waals surface area contributed by atoms with Gasteiger partial charge in [0.25, 0.3) is 0 Å². The number of hydrogen-bond acceptors (Lipinski definition) is 5.